The zero-order chi connectivity index (χ0) is 32.7. The second kappa shape index (κ2) is 30.1. The molecule has 0 aliphatic carbocycles. The molecule has 258 valence electrons. The normalized spacial score (nSPS) is 14.6. The van der Waals surface area contributed by atoms with Crippen molar-refractivity contribution in [3.8, 4) is 0 Å². The Morgan fingerprint density at radius 1 is 0.682 bits per heavy atom. The zero-order valence-electron chi connectivity index (χ0n) is 27.4. The third-order valence-corrected chi connectivity index (χ3v) is 7.81. The van der Waals surface area contributed by atoms with Gasteiger partial charge in [-0.05, 0) is 38.5 Å². The van der Waals surface area contributed by atoms with E-state index in [1.165, 1.54) is 32.1 Å². The molecule has 0 aliphatic heterocycles. The first-order valence-electron chi connectivity index (χ1n) is 16.8. The Bertz CT molecular complexity index is 801. The summed E-state index contributed by atoms with van der Waals surface area (Å²) in [6.45, 7) is 2.23. The van der Waals surface area contributed by atoms with Crippen molar-refractivity contribution in [2.45, 2.75) is 148 Å². The summed E-state index contributed by atoms with van der Waals surface area (Å²) in [5, 5.41) is 18.2. The summed E-state index contributed by atoms with van der Waals surface area (Å²) in [6, 6.07) is 0. The van der Waals surface area contributed by atoms with Gasteiger partial charge in [-0.15, -0.1) is 0 Å². The average Bonchev–Trinajstić information content (AvgIpc) is 3.00. The van der Waals surface area contributed by atoms with Gasteiger partial charge < -0.3 is 24.6 Å². The molecule has 0 aromatic heterocycles. The van der Waals surface area contributed by atoms with Crippen LogP contribution in [0.25, 0.3) is 0 Å². The van der Waals surface area contributed by atoms with Crippen LogP contribution < -0.4 is 0 Å². The standard InChI is InChI=1S/C33H61O10P/c1-3-5-7-9-11-12-13-14-15-16-17-19-21-23-25-33(37)43-31(29-42-44(38,39)41-27-30(35)26-34)28-40-32(36)24-22-20-18-10-8-6-4-2/h9,11,13-14,30-31,34-35H,3-8,10,12,15-29H2,1-2H3,(H,38,39)/b11-9+,14-13+/t30-,31+/m0/s1. The van der Waals surface area contributed by atoms with Crippen molar-refractivity contribution in [2.24, 2.45) is 0 Å². The molecule has 0 heterocycles. The molecule has 10 nitrogen and oxygen atoms in total. The van der Waals surface area contributed by atoms with Gasteiger partial charge in [0.05, 0.1) is 19.8 Å². The average molecular weight is 649 g/mol. The lowest BCUT2D eigenvalue weighted by Gasteiger charge is -2.20. The molecule has 0 fully saturated rings. The molecule has 0 radical (unpaired) electrons. The van der Waals surface area contributed by atoms with E-state index in [0.29, 0.717) is 12.8 Å². The van der Waals surface area contributed by atoms with Crippen molar-refractivity contribution in [1.29, 1.82) is 0 Å². The van der Waals surface area contributed by atoms with Gasteiger partial charge in [0.1, 0.15) is 12.7 Å². The number of allylic oxidation sites excluding steroid dienone is 4. The quantitative estimate of drug-likeness (QED) is 0.0299. The maximum absolute atomic E-state index is 12.5. The summed E-state index contributed by atoms with van der Waals surface area (Å²) >= 11 is 0. The van der Waals surface area contributed by atoms with Crippen molar-refractivity contribution in [3.05, 3.63) is 24.3 Å². The van der Waals surface area contributed by atoms with E-state index in [4.69, 9.17) is 19.1 Å². The maximum Gasteiger partial charge on any atom is 0.472 e. The molecule has 0 saturated carbocycles. The van der Waals surface area contributed by atoms with Crippen molar-refractivity contribution >= 4 is 19.8 Å². The fraction of sp³-hybridized carbons (Fsp3) is 0.818. The van der Waals surface area contributed by atoms with E-state index >= 15 is 0 Å². The number of hydrogen-bond acceptors (Lipinski definition) is 9. The summed E-state index contributed by atoms with van der Waals surface area (Å²) in [5.41, 5.74) is 0. The van der Waals surface area contributed by atoms with Crippen LogP contribution in [0.4, 0.5) is 0 Å². The molecule has 3 atom stereocenters. The Morgan fingerprint density at radius 3 is 1.82 bits per heavy atom. The first-order chi connectivity index (χ1) is 21.2. The monoisotopic (exact) mass is 648 g/mol. The van der Waals surface area contributed by atoms with Crippen LogP contribution in [0.2, 0.25) is 0 Å². The van der Waals surface area contributed by atoms with Crippen LogP contribution >= 0.6 is 7.82 Å². The lowest BCUT2D eigenvalue weighted by atomic mass is 10.1. The zero-order valence-corrected chi connectivity index (χ0v) is 28.3. The number of unbranched alkanes of at least 4 members (excludes halogenated alkanes) is 13. The van der Waals surface area contributed by atoms with E-state index in [1.807, 2.05) is 0 Å². The molecular formula is C33H61O10P. The first-order valence-corrected chi connectivity index (χ1v) is 18.3. The van der Waals surface area contributed by atoms with E-state index in [0.717, 1.165) is 64.2 Å². The first kappa shape index (κ1) is 42.5. The Morgan fingerprint density at radius 2 is 1.20 bits per heavy atom. The second-order valence-electron chi connectivity index (χ2n) is 11.2. The predicted octanol–water partition coefficient (Wildman–Crippen LogP) is 7.49. The molecular weight excluding hydrogens is 587 g/mol. The summed E-state index contributed by atoms with van der Waals surface area (Å²) in [5.74, 6) is -0.951. The van der Waals surface area contributed by atoms with E-state index in [-0.39, 0.29) is 19.4 Å². The van der Waals surface area contributed by atoms with Crippen molar-refractivity contribution < 1.29 is 47.8 Å². The summed E-state index contributed by atoms with van der Waals surface area (Å²) in [7, 11) is -4.60. The van der Waals surface area contributed by atoms with Crippen LogP contribution in [0.3, 0.4) is 0 Å². The van der Waals surface area contributed by atoms with Crippen LogP contribution in [0.5, 0.6) is 0 Å². The highest BCUT2D eigenvalue weighted by molar-refractivity contribution is 7.47. The molecule has 0 aliphatic rings. The molecule has 3 N–H and O–H groups in total. The molecule has 0 bridgehead atoms. The Hall–Kier alpha value is -1.55. The van der Waals surface area contributed by atoms with Gasteiger partial charge in [0.15, 0.2) is 6.10 Å². The maximum atomic E-state index is 12.5. The van der Waals surface area contributed by atoms with Crippen LogP contribution in [0.1, 0.15) is 136 Å². The highest BCUT2D eigenvalue weighted by Gasteiger charge is 2.27. The number of phosphoric ester groups is 1. The van der Waals surface area contributed by atoms with Crippen molar-refractivity contribution in [1.82, 2.24) is 0 Å². The van der Waals surface area contributed by atoms with Crippen LogP contribution in [-0.2, 0) is 32.7 Å². The molecule has 0 saturated heterocycles. The smallest absolute Gasteiger partial charge is 0.462 e. The number of aliphatic hydroxyl groups is 2. The molecule has 44 heavy (non-hydrogen) atoms. The van der Waals surface area contributed by atoms with Crippen molar-refractivity contribution in [2.75, 3.05) is 26.4 Å². The third kappa shape index (κ3) is 29.2. The van der Waals surface area contributed by atoms with E-state index in [2.05, 4.69) is 42.7 Å². The highest BCUT2D eigenvalue weighted by atomic mass is 31.2. The van der Waals surface area contributed by atoms with Gasteiger partial charge in [0.2, 0.25) is 0 Å². The topological polar surface area (TPSA) is 149 Å². The lowest BCUT2D eigenvalue weighted by Crippen LogP contribution is -2.29. The minimum atomic E-state index is -4.60. The van der Waals surface area contributed by atoms with Gasteiger partial charge in [-0.2, -0.15) is 0 Å². The van der Waals surface area contributed by atoms with Crippen LogP contribution in [0.15, 0.2) is 24.3 Å². The van der Waals surface area contributed by atoms with Gasteiger partial charge in [0, 0.05) is 12.8 Å². The fourth-order valence-electron chi connectivity index (χ4n) is 4.18. The van der Waals surface area contributed by atoms with Crippen LogP contribution in [-0.4, -0.2) is 65.7 Å². The lowest BCUT2D eigenvalue weighted by molar-refractivity contribution is -0.161. The minimum Gasteiger partial charge on any atom is -0.462 e. The molecule has 0 aromatic rings. The molecule has 0 spiro atoms. The molecule has 0 aromatic carbocycles. The number of ether oxygens (including phenoxy) is 2. The molecule has 0 amide bonds. The highest BCUT2D eigenvalue weighted by Crippen LogP contribution is 2.43. The largest absolute Gasteiger partial charge is 0.472 e. The number of aliphatic hydroxyl groups excluding tert-OH is 2. The van der Waals surface area contributed by atoms with E-state index in [1.54, 1.807) is 0 Å². The molecule has 1 unspecified atom stereocenters. The van der Waals surface area contributed by atoms with Gasteiger partial charge in [-0.3, -0.25) is 18.6 Å². The number of hydrogen-bond donors (Lipinski definition) is 3. The van der Waals surface area contributed by atoms with Crippen molar-refractivity contribution in [3.63, 3.8) is 0 Å². The Kier molecular flexibility index (Phi) is 29.1. The summed E-state index contributed by atoms with van der Waals surface area (Å²) < 4.78 is 32.3. The number of carbonyl (C=O) groups excluding carboxylic acids is 2. The Balaban J connectivity index is 4.43. The molecule has 11 heteroatoms. The van der Waals surface area contributed by atoms with Gasteiger partial charge >= 0.3 is 19.8 Å². The van der Waals surface area contributed by atoms with E-state index < -0.39 is 51.8 Å². The van der Waals surface area contributed by atoms with Gasteiger partial charge in [-0.1, -0.05) is 109 Å². The number of carbonyl (C=O) groups is 2. The number of rotatable bonds is 31. The molecule has 0 rings (SSSR count). The second-order valence-corrected chi connectivity index (χ2v) is 12.6. The number of phosphoric acid groups is 1. The van der Waals surface area contributed by atoms with E-state index in [9.17, 15) is 24.2 Å². The summed E-state index contributed by atoms with van der Waals surface area (Å²) in [6.07, 6.45) is 24.6. The predicted molar refractivity (Wildman–Crippen MR) is 173 cm³/mol. The van der Waals surface area contributed by atoms with Crippen LogP contribution in [0, 0.1) is 0 Å². The van der Waals surface area contributed by atoms with Gasteiger partial charge in [-0.25, -0.2) is 4.57 Å². The SMILES string of the molecule is CCCC/C=C/C/C=C/CCCCCCCC(=O)O[C@H](COC(=O)CCCCCCCCC)COP(=O)(O)OC[C@@H](O)CO. The fourth-order valence-corrected chi connectivity index (χ4v) is 4.97. The third-order valence-electron chi connectivity index (χ3n) is 6.86. The Labute approximate surface area is 266 Å². The summed E-state index contributed by atoms with van der Waals surface area (Å²) in [4.78, 5) is 34.5. The van der Waals surface area contributed by atoms with Gasteiger partial charge in [0.25, 0.3) is 0 Å². The minimum absolute atomic E-state index is 0.169. The number of esters is 2.